The second-order valence-electron chi connectivity index (χ2n) is 6.66. The highest BCUT2D eigenvalue weighted by Gasteiger charge is 2.59. The zero-order valence-electron chi connectivity index (χ0n) is 13.9. The first-order valence-corrected chi connectivity index (χ1v) is 9.41. The predicted octanol–water partition coefficient (Wildman–Crippen LogP) is 1.11. The van der Waals surface area contributed by atoms with Crippen LogP contribution in [0.1, 0.15) is 19.4 Å². The number of ether oxygens (including phenoxy) is 4. The van der Waals surface area contributed by atoms with E-state index in [0.717, 1.165) is 5.56 Å². The van der Waals surface area contributed by atoms with Crippen LogP contribution in [0.5, 0.6) is 0 Å². The third kappa shape index (κ3) is 3.59. The molecular formula is C16H20O8S. The van der Waals surface area contributed by atoms with Crippen LogP contribution in [0.25, 0.3) is 0 Å². The Morgan fingerprint density at radius 3 is 2.60 bits per heavy atom. The van der Waals surface area contributed by atoms with Crippen molar-refractivity contribution in [3.63, 3.8) is 0 Å². The summed E-state index contributed by atoms with van der Waals surface area (Å²) in [4.78, 5) is 0. The van der Waals surface area contributed by atoms with E-state index in [9.17, 15) is 8.42 Å². The van der Waals surface area contributed by atoms with Crippen LogP contribution in [0.3, 0.4) is 0 Å². The molecule has 0 aromatic heterocycles. The van der Waals surface area contributed by atoms with Crippen LogP contribution in [0.15, 0.2) is 30.3 Å². The summed E-state index contributed by atoms with van der Waals surface area (Å²) < 4.78 is 56.0. The highest BCUT2D eigenvalue weighted by molar-refractivity contribution is 7.82. The molecule has 3 fully saturated rings. The lowest BCUT2D eigenvalue weighted by Crippen LogP contribution is -2.43. The molecule has 0 bridgehead atoms. The maximum Gasteiger partial charge on any atom is 0.400 e. The Bertz CT molecular complexity index is 719. The average Bonchev–Trinajstić information content (AvgIpc) is 3.15. The van der Waals surface area contributed by atoms with Crippen molar-refractivity contribution in [2.24, 2.45) is 0 Å². The van der Waals surface area contributed by atoms with E-state index < -0.39 is 46.9 Å². The molecule has 0 aliphatic carbocycles. The van der Waals surface area contributed by atoms with Gasteiger partial charge in [-0.15, -0.1) is 0 Å². The van der Waals surface area contributed by atoms with Gasteiger partial charge in [0.15, 0.2) is 12.1 Å². The smallest absolute Gasteiger partial charge is 0.368 e. The average molecular weight is 372 g/mol. The molecule has 0 amide bonds. The molecule has 3 aliphatic rings. The molecule has 0 saturated carbocycles. The first kappa shape index (κ1) is 17.3. The lowest BCUT2D eigenvalue weighted by Gasteiger charge is -2.27. The number of hydrogen-bond donors (Lipinski definition) is 0. The Morgan fingerprint density at radius 1 is 1.16 bits per heavy atom. The van der Waals surface area contributed by atoms with E-state index in [1.54, 1.807) is 13.8 Å². The van der Waals surface area contributed by atoms with Gasteiger partial charge in [-0.05, 0) is 19.4 Å². The molecule has 5 atom stereocenters. The topological polar surface area (TPSA) is 89.5 Å². The van der Waals surface area contributed by atoms with Gasteiger partial charge in [-0.3, -0.25) is 0 Å². The van der Waals surface area contributed by atoms with Crippen molar-refractivity contribution in [2.45, 2.75) is 56.9 Å². The minimum Gasteiger partial charge on any atom is -0.368 e. The third-order valence-corrected chi connectivity index (χ3v) is 5.20. The molecule has 3 aliphatic heterocycles. The molecule has 3 saturated heterocycles. The molecule has 3 heterocycles. The van der Waals surface area contributed by atoms with Gasteiger partial charge in [-0.1, -0.05) is 30.3 Å². The molecule has 0 radical (unpaired) electrons. The van der Waals surface area contributed by atoms with E-state index in [1.165, 1.54) is 0 Å². The van der Waals surface area contributed by atoms with Crippen molar-refractivity contribution >= 4 is 10.4 Å². The second-order valence-corrected chi connectivity index (χ2v) is 7.90. The van der Waals surface area contributed by atoms with Gasteiger partial charge in [-0.2, -0.15) is 8.42 Å². The summed E-state index contributed by atoms with van der Waals surface area (Å²) in [5, 5.41) is 0. The highest BCUT2D eigenvalue weighted by atomic mass is 32.3. The zero-order chi connectivity index (χ0) is 17.7. The molecule has 138 valence electrons. The van der Waals surface area contributed by atoms with E-state index in [4.69, 9.17) is 23.1 Å². The van der Waals surface area contributed by atoms with Crippen molar-refractivity contribution in [2.75, 3.05) is 6.61 Å². The molecule has 0 spiro atoms. The SMILES string of the molecule is CC1(C)O[C@H]2O[C@H]([C@H]3COS(=O)(=O)O3)[C@H](OCc3ccccc3)[C@H]2O1. The molecule has 8 nitrogen and oxygen atoms in total. The third-order valence-electron chi connectivity index (χ3n) is 4.30. The molecule has 0 unspecified atom stereocenters. The van der Waals surface area contributed by atoms with E-state index in [2.05, 4.69) is 4.18 Å². The van der Waals surface area contributed by atoms with Crippen LogP contribution in [-0.4, -0.2) is 51.5 Å². The summed E-state index contributed by atoms with van der Waals surface area (Å²) >= 11 is 0. The summed E-state index contributed by atoms with van der Waals surface area (Å²) in [6, 6.07) is 9.65. The van der Waals surface area contributed by atoms with Gasteiger partial charge >= 0.3 is 10.4 Å². The number of benzene rings is 1. The summed E-state index contributed by atoms with van der Waals surface area (Å²) in [7, 11) is -3.99. The van der Waals surface area contributed by atoms with E-state index in [-0.39, 0.29) is 6.61 Å². The Morgan fingerprint density at radius 2 is 1.92 bits per heavy atom. The monoisotopic (exact) mass is 372 g/mol. The summed E-state index contributed by atoms with van der Waals surface area (Å²) in [6.45, 7) is 3.79. The van der Waals surface area contributed by atoms with Gasteiger partial charge in [0.2, 0.25) is 0 Å². The normalized spacial score (nSPS) is 38.7. The first-order chi connectivity index (χ1) is 11.8. The van der Waals surface area contributed by atoms with Crippen molar-refractivity contribution < 1.29 is 35.7 Å². The minimum atomic E-state index is -3.99. The van der Waals surface area contributed by atoms with Crippen LogP contribution < -0.4 is 0 Å². The maximum atomic E-state index is 11.4. The molecule has 9 heteroatoms. The van der Waals surface area contributed by atoms with E-state index >= 15 is 0 Å². The Labute approximate surface area is 146 Å². The number of fused-ring (bicyclic) bond motifs is 1. The van der Waals surface area contributed by atoms with Crippen LogP contribution in [-0.2, 0) is 44.3 Å². The molecule has 1 aromatic carbocycles. The lowest BCUT2D eigenvalue weighted by atomic mass is 10.1. The fourth-order valence-corrected chi connectivity index (χ4v) is 4.09. The quantitative estimate of drug-likeness (QED) is 0.776. The Kier molecular flexibility index (Phi) is 4.35. The van der Waals surface area contributed by atoms with Crippen molar-refractivity contribution in [3.05, 3.63) is 35.9 Å². The molecule has 4 rings (SSSR count). The van der Waals surface area contributed by atoms with Gasteiger partial charge < -0.3 is 18.9 Å². The van der Waals surface area contributed by atoms with Gasteiger partial charge in [0.1, 0.15) is 24.4 Å². The van der Waals surface area contributed by atoms with E-state index in [0.29, 0.717) is 6.61 Å². The van der Waals surface area contributed by atoms with Crippen molar-refractivity contribution in [3.8, 4) is 0 Å². The maximum absolute atomic E-state index is 11.4. The number of rotatable bonds is 4. The predicted molar refractivity (Wildman–Crippen MR) is 83.5 cm³/mol. The summed E-state index contributed by atoms with van der Waals surface area (Å²) in [5.41, 5.74) is 0.985. The fraction of sp³-hybridized carbons (Fsp3) is 0.625. The van der Waals surface area contributed by atoms with E-state index in [1.807, 2.05) is 30.3 Å². The van der Waals surface area contributed by atoms with Crippen molar-refractivity contribution in [1.29, 1.82) is 0 Å². The van der Waals surface area contributed by atoms with Crippen molar-refractivity contribution in [1.82, 2.24) is 0 Å². The minimum absolute atomic E-state index is 0.124. The van der Waals surface area contributed by atoms with Crippen LogP contribution in [0, 0.1) is 0 Å². The van der Waals surface area contributed by atoms with Crippen LogP contribution in [0.4, 0.5) is 0 Å². The number of hydrogen-bond acceptors (Lipinski definition) is 8. The molecule has 25 heavy (non-hydrogen) atoms. The van der Waals surface area contributed by atoms with Gasteiger partial charge in [0.25, 0.3) is 0 Å². The Hall–Kier alpha value is -1.07. The van der Waals surface area contributed by atoms with Crippen LogP contribution >= 0.6 is 0 Å². The van der Waals surface area contributed by atoms with Gasteiger partial charge in [0.05, 0.1) is 13.2 Å². The molecule has 1 aromatic rings. The molecule has 0 N–H and O–H groups in total. The highest BCUT2D eigenvalue weighted by Crippen LogP contribution is 2.41. The summed E-state index contributed by atoms with van der Waals surface area (Å²) in [5.74, 6) is -0.798. The zero-order valence-corrected chi connectivity index (χ0v) is 14.7. The Balaban J connectivity index is 1.52. The van der Waals surface area contributed by atoms with Crippen LogP contribution in [0.2, 0.25) is 0 Å². The van der Waals surface area contributed by atoms with Gasteiger partial charge in [-0.25, -0.2) is 8.37 Å². The van der Waals surface area contributed by atoms with Gasteiger partial charge in [0, 0.05) is 0 Å². The lowest BCUT2D eigenvalue weighted by molar-refractivity contribution is -0.227. The fourth-order valence-electron chi connectivity index (χ4n) is 3.27. The first-order valence-electron chi connectivity index (χ1n) is 8.07. The molecular weight excluding hydrogens is 352 g/mol. The standard InChI is InChI=1S/C16H20O8S/c1-16(2)22-14-13(19-8-10-6-4-3-5-7-10)12(21-15(14)23-16)11-9-20-25(17,18)24-11/h3-7,11-15H,8-9H2,1-2H3/t11-,12-,13+,14-,15-/m1/s1. The second kappa shape index (κ2) is 6.27. The largest absolute Gasteiger partial charge is 0.400 e. The summed E-state index contributed by atoms with van der Waals surface area (Å²) in [6.07, 6.45) is -3.14.